The second-order valence-electron chi connectivity index (χ2n) is 12.2. The van der Waals surface area contributed by atoms with Gasteiger partial charge in [0.25, 0.3) is 0 Å². The summed E-state index contributed by atoms with van der Waals surface area (Å²) in [6, 6.07) is 45.8. The van der Waals surface area contributed by atoms with Crippen LogP contribution in [-0.2, 0) is 31.9 Å². The molecule has 0 unspecified atom stereocenters. The molecule has 47 heavy (non-hydrogen) atoms. The number of carbonyl (C=O) groups is 2. The Morgan fingerprint density at radius 1 is 0.809 bits per heavy atom. The highest BCUT2D eigenvalue weighted by Crippen LogP contribution is 2.56. The lowest BCUT2D eigenvalue weighted by atomic mass is 9.74. The molecule has 0 aromatic heterocycles. The lowest BCUT2D eigenvalue weighted by molar-refractivity contribution is -0.145. The maximum absolute atomic E-state index is 14.8. The number of benzene rings is 5. The maximum Gasteiger partial charge on any atom is 0.328 e. The first-order chi connectivity index (χ1) is 23.0. The molecule has 7 heteroatoms. The van der Waals surface area contributed by atoms with E-state index in [4.69, 9.17) is 4.74 Å². The fourth-order valence-corrected chi connectivity index (χ4v) is 7.58. The van der Waals surface area contributed by atoms with Crippen LogP contribution < -0.4 is 10.6 Å². The SMILES string of the molecule is COC(=O)[C@H](Cc1ccccc1)NC(=O)[C@@H]1C[C@@]2(O)c3ccccc3N[C@H]2N1C(c1ccccc1)(c1ccccc1)c1ccccc1. The molecule has 0 bridgehead atoms. The third-order valence-electron chi connectivity index (χ3n) is 9.61. The van der Waals surface area contributed by atoms with E-state index < -0.39 is 35.4 Å². The Labute approximate surface area is 274 Å². The van der Waals surface area contributed by atoms with Crippen LogP contribution in [0.1, 0.15) is 34.2 Å². The number of nitrogens with one attached hydrogen (secondary N) is 2. The van der Waals surface area contributed by atoms with E-state index in [-0.39, 0.29) is 18.7 Å². The van der Waals surface area contributed by atoms with Crippen molar-refractivity contribution in [3.63, 3.8) is 0 Å². The molecule has 2 aliphatic heterocycles. The van der Waals surface area contributed by atoms with Crippen molar-refractivity contribution in [1.29, 1.82) is 0 Å². The average Bonchev–Trinajstić information content (AvgIpc) is 3.58. The molecular formula is C40H37N3O4. The second kappa shape index (κ2) is 12.5. The van der Waals surface area contributed by atoms with Gasteiger partial charge >= 0.3 is 5.97 Å². The maximum atomic E-state index is 14.8. The highest BCUT2D eigenvalue weighted by molar-refractivity contribution is 5.89. The number of ether oxygens (including phenoxy) is 1. The number of carbonyl (C=O) groups excluding carboxylic acids is 2. The molecule has 236 valence electrons. The fraction of sp³-hybridized carbons (Fsp3) is 0.200. The second-order valence-corrected chi connectivity index (χ2v) is 12.2. The van der Waals surface area contributed by atoms with Crippen molar-refractivity contribution in [2.45, 2.75) is 42.2 Å². The lowest BCUT2D eigenvalue weighted by Gasteiger charge is -2.48. The summed E-state index contributed by atoms with van der Waals surface area (Å²) in [5.41, 5.74) is 2.82. The molecule has 7 rings (SSSR count). The zero-order chi connectivity index (χ0) is 32.4. The quantitative estimate of drug-likeness (QED) is 0.147. The van der Waals surface area contributed by atoms with Gasteiger partial charge in [0.1, 0.15) is 17.8 Å². The van der Waals surface area contributed by atoms with Gasteiger partial charge in [-0.2, -0.15) is 0 Å². The van der Waals surface area contributed by atoms with Crippen LogP contribution in [0, 0.1) is 0 Å². The van der Waals surface area contributed by atoms with Crippen LogP contribution in [0.5, 0.6) is 0 Å². The van der Waals surface area contributed by atoms with E-state index in [9.17, 15) is 14.7 Å². The van der Waals surface area contributed by atoms with Crippen LogP contribution in [0.3, 0.4) is 0 Å². The summed E-state index contributed by atoms with van der Waals surface area (Å²) >= 11 is 0. The number of hydrogen-bond acceptors (Lipinski definition) is 6. The Kier molecular flexibility index (Phi) is 8.10. The number of anilines is 1. The minimum Gasteiger partial charge on any atom is -0.467 e. The van der Waals surface area contributed by atoms with Crippen LogP contribution in [0.4, 0.5) is 5.69 Å². The van der Waals surface area contributed by atoms with Gasteiger partial charge in [0.05, 0.1) is 18.7 Å². The van der Waals surface area contributed by atoms with Crippen molar-refractivity contribution in [1.82, 2.24) is 10.2 Å². The first kappa shape index (κ1) is 30.4. The van der Waals surface area contributed by atoms with Crippen LogP contribution in [0.2, 0.25) is 0 Å². The van der Waals surface area contributed by atoms with E-state index in [1.54, 1.807) is 0 Å². The van der Waals surface area contributed by atoms with Gasteiger partial charge in [-0.15, -0.1) is 0 Å². The van der Waals surface area contributed by atoms with E-state index in [1.165, 1.54) is 7.11 Å². The monoisotopic (exact) mass is 623 g/mol. The molecule has 0 saturated carbocycles. The van der Waals surface area contributed by atoms with Crippen molar-refractivity contribution in [3.8, 4) is 0 Å². The van der Waals surface area contributed by atoms with Gasteiger partial charge in [-0.25, -0.2) is 4.79 Å². The fourth-order valence-electron chi connectivity index (χ4n) is 7.58. The molecule has 0 aliphatic carbocycles. The Morgan fingerprint density at radius 3 is 1.83 bits per heavy atom. The normalized spacial score (nSPS) is 20.8. The molecule has 1 saturated heterocycles. The summed E-state index contributed by atoms with van der Waals surface area (Å²) < 4.78 is 5.16. The van der Waals surface area contributed by atoms with E-state index in [2.05, 4.69) is 51.9 Å². The molecule has 0 radical (unpaired) electrons. The van der Waals surface area contributed by atoms with E-state index in [0.29, 0.717) is 0 Å². The van der Waals surface area contributed by atoms with Crippen molar-refractivity contribution in [3.05, 3.63) is 173 Å². The third kappa shape index (κ3) is 5.18. The Morgan fingerprint density at radius 2 is 1.30 bits per heavy atom. The summed E-state index contributed by atoms with van der Waals surface area (Å²) in [5, 5.41) is 19.4. The molecule has 5 aromatic rings. The van der Waals surface area contributed by atoms with Crippen molar-refractivity contribution in [2.75, 3.05) is 12.4 Å². The number of nitrogens with zero attached hydrogens (tertiary/aromatic N) is 1. The zero-order valence-corrected chi connectivity index (χ0v) is 26.1. The summed E-state index contributed by atoms with van der Waals surface area (Å²) in [7, 11) is 1.33. The Hall–Kier alpha value is -5.24. The molecule has 7 nitrogen and oxygen atoms in total. The van der Waals surface area contributed by atoms with Crippen LogP contribution in [0.25, 0.3) is 0 Å². The lowest BCUT2D eigenvalue weighted by Crippen LogP contribution is -2.61. The minimum atomic E-state index is -1.41. The number of fused-ring (bicyclic) bond motifs is 3. The van der Waals surface area contributed by atoms with E-state index in [0.717, 1.165) is 33.5 Å². The number of rotatable bonds is 9. The molecule has 2 heterocycles. The number of hydrogen-bond donors (Lipinski definition) is 3. The largest absolute Gasteiger partial charge is 0.467 e. The van der Waals surface area contributed by atoms with Gasteiger partial charge in [-0.05, 0) is 28.3 Å². The molecule has 5 aromatic carbocycles. The van der Waals surface area contributed by atoms with Crippen molar-refractivity contribution in [2.24, 2.45) is 0 Å². The predicted molar refractivity (Wildman–Crippen MR) is 181 cm³/mol. The van der Waals surface area contributed by atoms with Gasteiger partial charge in [-0.3, -0.25) is 9.69 Å². The molecule has 1 fully saturated rings. The number of amides is 1. The molecule has 1 amide bonds. The standard InChI is InChI=1S/C40H37N3O4/c1-47-37(45)34(26-28-16-6-2-7-17-28)41-36(44)35-27-39(46)32-24-14-15-25-33(32)42-38(39)43(35)40(29-18-8-3-9-19-29,30-20-10-4-11-21-30)31-22-12-5-13-23-31/h2-25,34-35,38,42,46H,26-27H2,1H3,(H,41,44)/t34-,35-,38-,39+/m0/s1. The molecule has 4 atom stereocenters. The summed E-state index contributed by atoms with van der Waals surface area (Å²) in [4.78, 5) is 30.0. The van der Waals surface area contributed by atoms with Crippen LogP contribution >= 0.6 is 0 Å². The first-order valence-electron chi connectivity index (χ1n) is 15.9. The smallest absolute Gasteiger partial charge is 0.328 e. The predicted octanol–water partition coefficient (Wildman–Crippen LogP) is 5.59. The van der Waals surface area contributed by atoms with Gasteiger partial charge in [0.15, 0.2) is 0 Å². The number of esters is 1. The molecular weight excluding hydrogens is 586 g/mol. The van der Waals surface area contributed by atoms with Gasteiger partial charge in [-0.1, -0.05) is 140 Å². The Balaban J connectivity index is 1.43. The van der Waals surface area contributed by atoms with Crippen LogP contribution in [0.15, 0.2) is 146 Å². The molecule has 3 N–H and O–H groups in total. The Bertz CT molecular complexity index is 1760. The number of methoxy groups -OCH3 is 1. The number of para-hydroxylation sites is 1. The van der Waals surface area contributed by atoms with Gasteiger partial charge in [0.2, 0.25) is 5.91 Å². The summed E-state index contributed by atoms with van der Waals surface area (Å²) in [6.07, 6.45) is -0.329. The van der Waals surface area contributed by atoms with Gasteiger partial charge < -0.3 is 20.5 Å². The van der Waals surface area contributed by atoms with Crippen molar-refractivity contribution < 1.29 is 19.4 Å². The zero-order valence-electron chi connectivity index (χ0n) is 26.1. The van der Waals surface area contributed by atoms with Gasteiger partial charge in [0, 0.05) is 24.1 Å². The van der Waals surface area contributed by atoms with Crippen molar-refractivity contribution >= 4 is 17.6 Å². The average molecular weight is 624 g/mol. The molecule has 2 aliphatic rings. The summed E-state index contributed by atoms with van der Waals surface area (Å²) in [6.45, 7) is 0. The highest BCUT2D eigenvalue weighted by Gasteiger charge is 2.64. The summed E-state index contributed by atoms with van der Waals surface area (Å²) in [5.74, 6) is -0.903. The van der Waals surface area contributed by atoms with Crippen LogP contribution in [-0.4, -0.2) is 47.2 Å². The topological polar surface area (TPSA) is 90.9 Å². The first-order valence-corrected chi connectivity index (χ1v) is 15.9. The highest BCUT2D eigenvalue weighted by atomic mass is 16.5. The van der Waals surface area contributed by atoms with E-state index >= 15 is 0 Å². The third-order valence-corrected chi connectivity index (χ3v) is 9.61. The molecule has 0 spiro atoms. The minimum absolute atomic E-state index is 0.0982. The number of aliphatic hydroxyl groups is 1. The van der Waals surface area contributed by atoms with E-state index in [1.807, 2.05) is 109 Å². The number of likely N-dealkylation sites (tertiary alicyclic amines) is 1.